The van der Waals surface area contributed by atoms with Gasteiger partial charge in [0.25, 0.3) is 0 Å². The molecule has 4 heteroatoms. The summed E-state index contributed by atoms with van der Waals surface area (Å²) >= 11 is 0. The van der Waals surface area contributed by atoms with Gasteiger partial charge in [-0.15, -0.1) is 0 Å². The Morgan fingerprint density at radius 2 is 1.74 bits per heavy atom. The number of amides is 2. The van der Waals surface area contributed by atoms with Crippen LogP contribution in [0.5, 0.6) is 0 Å². The molecule has 1 unspecified atom stereocenters. The van der Waals surface area contributed by atoms with Crippen molar-refractivity contribution in [2.45, 2.75) is 46.7 Å². The predicted octanol–water partition coefficient (Wildman–Crippen LogP) is 4.09. The second-order valence-electron chi connectivity index (χ2n) is 7.80. The van der Waals surface area contributed by atoms with Crippen LogP contribution < -0.4 is 4.90 Å². The summed E-state index contributed by atoms with van der Waals surface area (Å²) in [5.41, 5.74) is 4.25. The van der Waals surface area contributed by atoms with Crippen molar-refractivity contribution in [2.24, 2.45) is 5.92 Å². The first-order chi connectivity index (χ1) is 12.8. The van der Waals surface area contributed by atoms with E-state index in [-0.39, 0.29) is 30.2 Å². The van der Waals surface area contributed by atoms with Crippen LogP contribution in [0.1, 0.15) is 37.0 Å². The maximum atomic E-state index is 13.2. The average molecular weight is 364 g/mol. The van der Waals surface area contributed by atoms with Crippen LogP contribution in [0.4, 0.5) is 5.69 Å². The molecule has 3 rings (SSSR count). The van der Waals surface area contributed by atoms with Crippen LogP contribution in [0.25, 0.3) is 0 Å². The Morgan fingerprint density at radius 3 is 2.33 bits per heavy atom. The number of aryl methyl sites for hydroxylation is 2. The number of hydrogen-bond donors (Lipinski definition) is 0. The third-order valence-corrected chi connectivity index (χ3v) is 5.09. The van der Waals surface area contributed by atoms with E-state index in [1.54, 1.807) is 4.90 Å². The number of anilines is 1. The van der Waals surface area contributed by atoms with Gasteiger partial charge in [-0.1, -0.05) is 36.4 Å². The zero-order chi connectivity index (χ0) is 19.6. The summed E-state index contributed by atoms with van der Waals surface area (Å²) in [6, 6.07) is 16.2. The summed E-state index contributed by atoms with van der Waals surface area (Å²) in [5, 5.41) is 0. The van der Waals surface area contributed by atoms with Crippen LogP contribution in [0.3, 0.4) is 0 Å². The highest BCUT2D eigenvalue weighted by atomic mass is 16.2. The van der Waals surface area contributed by atoms with E-state index in [4.69, 9.17) is 0 Å². The maximum absolute atomic E-state index is 13.2. The molecule has 0 saturated carbocycles. The van der Waals surface area contributed by atoms with Gasteiger partial charge < -0.3 is 9.80 Å². The monoisotopic (exact) mass is 364 g/mol. The van der Waals surface area contributed by atoms with Crippen molar-refractivity contribution >= 4 is 17.5 Å². The third kappa shape index (κ3) is 4.38. The summed E-state index contributed by atoms with van der Waals surface area (Å²) in [5.74, 6) is -0.194. The van der Waals surface area contributed by atoms with Crippen LogP contribution in [0.15, 0.2) is 48.5 Å². The van der Waals surface area contributed by atoms with Crippen LogP contribution in [-0.4, -0.2) is 29.3 Å². The first kappa shape index (κ1) is 19.2. The highest BCUT2D eigenvalue weighted by Crippen LogP contribution is 2.28. The van der Waals surface area contributed by atoms with E-state index in [1.165, 1.54) is 0 Å². The first-order valence-electron chi connectivity index (χ1n) is 9.58. The third-order valence-electron chi connectivity index (χ3n) is 5.09. The largest absolute Gasteiger partial charge is 0.336 e. The van der Waals surface area contributed by atoms with Crippen molar-refractivity contribution < 1.29 is 9.59 Å². The molecule has 4 nitrogen and oxygen atoms in total. The Bertz CT molecular complexity index is 809. The van der Waals surface area contributed by atoms with E-state index in [0.717, 1.165) is 22.4 Å². The molecule has 0 aliphatic carbocycles. The molecule has 0 radical (unpaired) electrons. The summed E-state index contributed by atoms with van der Waals surface area (Å²) in [7, 11) is 0. The van der Waals surface area contributed by atoms with Crippen LogP contribution in [0.2, 0.25) is 0 Å². The standard InChI is InChI=1S/C23H28N2O2/c1-16(2)24(14-19-8-6-5-7-9-19)23(27)20-13-22(26)25(15-20)21-11-17(3)10-18(4)12-21/h5-12,16,20H,13-15H2,1-4H3. The van der Waals surface area contributed by atoms with E-state index in [0.29, 0.717) is 13.1 Å². The van der Waals surface area contributed by atoms with Crippen molar-refractivity contribution in [1.82, 2.24) is 4.90 Å². The van der Waals surface area contributed by atoms with Crippen molar-refractivity contribution in [2.75, 3.05) is 11.4 Å². The van der Waals surface area contributed by atoms with Crippen molar-refractivity contribution in [3.8, 4) is 0 Å². The lowest BCUT2D eigenvalue weighted by molar-refractivity contribution is -0.138. The van der Waals surface area contributed by atoms with Gasteiger partial charge in [0.1, 0.15) is 0 Å². The molecular formula is C23H28N2O2. The molecule has 2 aromatic rings. The summed E-state index contributed by atoms with van der Waals surface area (Å²) in [6.45, 7) is 9.14. The quantitative estimate of drug-likeness (QED) is 0.802. The molecule has 1 aliphatic heterocycles. The van der Waals surface area contributed by atoms with Crippen LogP contribution in [0, 0.1) is 19.8 Å². The maximum Gasteiger partial charge on any atom is 0.228 e. The number of rotatable bonds is 5. The van der Waals surface area contributed by atoms with Crippen molar-refractivity contribution in [3.63, 3.8) is 0 Å². The summed E-state index contributed by atoms with van der Waals surface area (Å²) < 4.78 is 0. The zero-order valence-electron chi connectivity index (χ0n) is 16.6. The molecule has 27 heavy (non-hydrogen) atoms. The Kier molecular flexibility index (Phi) is 5.64. The smallest absolute Gasteiger partial charge is 0.228 e. The molecule has 1 heterocycles. The van der Waals surface area contributed by atoms with E-state index in [2.05, 4.69) is 6.07 Å². The lowest BCUT2D eigenvalue weighted by Crippen LogP contribution is -2.41. The Balaban J connectivity index is 1.77. The molecule has 0 bridgehead atoms. The highest BCUT2D eigenvalue weighted by molar-refractivity contribution is 6.00. The summed E-state index contributed by atoms with van der Waals surface area (Å²) in [4.78, 5) is 29.5. The fourth-order valence-corrected chi connectivity index (χ4v) is 3.76. The number of nitrogens with zero attached hydrogens (tertiary/aromatic N) is 2. The van der Waals surface area contributed by atoms with Gasteiger partial charge in [0.15, 0.2) is 0 Å². The topological polar surface area (TPSA) is 40.6 Å². The Labute approximate surface area is 161 Å². The van der Waals surface area contributed by atoms with Gasteiger partial charge in [0.2, 0.25) is 11.8 Å². The van der Waals surface area contributed by atoms with E-state index >= 15 is 0 Å². The molecule has 0 N–H and O–H groups in total. The van der Waals surface area contributed by atoms with E-state index in [1.807, 2.05) is 75.1 Å². The summed E-state index contributed by atoms with van der Waals surface area (Å²) in [6.07, 6.45) is 0.282. The van der Waals surface area contributed by atoms with Gasteiger partial charge in [0.05, 0.1) is 5.92 Å². The van der Waals surface area contributed by atoms with Gasteiger partial charge in [-0.3, -0.25) is 9.59 Å². The minimum Gasteiger partial charge on any atom is -0.336 e. The molecule has 0 aromatic heterocycles. The second-order valence-corrected chi connectivity index (χ2v) is 7.80. The molecule has 1 saturated heterocycles. The van der Waals surface area contributed by atoms with Gasteiger partial charge in [-0.05, 0) is 56.5 Å². The molecule has 142 valence electrons. The van der Waals surface area contributed by atoms with E-state index < -0.39 is 0 Å². The Morgan fingerprint density at radius 1 is 1.11 bits per heavy atom. The molecule has 1 atom stereocenters. The Hall–Kier alpha value is -2.62. The van der Waals surface area contributed by atoms with Gasteiger partial charge in [-0.2, -0.15) is 0 Å². The minimum atomic E-state index is -0.288. The second kappa shape index (κ2) is 7.95. The van der Waals surface area contributed by atoms with Crippen LogP contribution in [-0.2, 0) is 16.1 Å². The fourth-order valence-electron chi connectivity index (χ4n) is 3.76. The SMILES string of the molecule is Cc1cc(C)cc(N2CC(C(=O)N(Cc3ccccc3)C(C)C)CC2=O)c1. The molecule has 0 spiro atoms. The molecule has 1 fully saturated rings. The molecular weight excluding hydrogens is 336 g/mol. The van der Waals surface area contributed by atoms with Gasteiger partial charge in [-0.25, -0.2) is 0 Å². The van der Waals surface area contributed by atoms with Gasteiger partial charge in [0, 0.05) is 31.2 Å². The van der Waals surface area contributed by atoms with Crippen molar-refractivity contribution in [1.29, 1.82) is 0 Å². The number of hydrogen-bond acceptors (Lipinski definition) is 2. The number of carbonyl (C=O) groups is 2. The predicted molar refractivity (Wildman–Crippen MR) is 109 cm³/mol. The van der Waals surface area contributed by atoms with Crippen molar-refractivity contribution in [3.05, 3.63) is 65.2 Å². The van der Waals surface area contributed by atoms with Crippen LogP contribution >= 0.6 is 0 Å². The number of benzene rings is 2. The average Bonchev–Trinajstić information content (AvgIpc) is 3.01. The van der Waals surface area contributed by atoms with Gasteiger partial charge >= 0.3 is 0 Å². The molecule has 2 amide bonds. The van der Waals surface area contributed by atoms with E-state index in [9.17, 15) is 9.59 Å². The lowest BCUT2D eigenvalue weighted by atomic mass is 10.0. The lowest BCUT2D eigenvalue weighted by Gasteiger charge is -2.29. The molecule has 1 aliphatic rings. The fraction of sp³-hybridized carbons (Fsp3) is 0.391. The molecule has 2 aromatic carbocycles. The minimum absolute atomic E-state index is 0.0294. The normalized spacial score (nSPS) is 16.9. The number of carbonyl (C=O) groups excluding carboxylic acids is 2. The zero-order valence-corrected chi connectivity index (χ0v) is 16.6. The highest BCUT2D eigenvalue weighted by Gasteiger charge is 2.37. The first-order valence-corrected chi connectivity index (χ1v) is 9.58.